The third kappa shape index (κ3) is 5.98. The molecule has 0 radical (unpaired) electrons. The van der Waals surface area contributed by atoms with Gasteiger partial charge in [-0.2, -0.15) is 0 Å². The van der Waals surface area contributed by atoms with Crippen molar-refractivity contribution in [2.24, 2.45) is 0 Å². The highest BCUT2D eigenvalue weighted by atomic mass is 79.9. The van der Waals surface area contributed by atoms with Gasteiger partial charge in [-0.3, -0.25) is 0 Å². The van der Waals surface area contributed by atoms with Gasteiger partial charge in [0.15, 0.2) is 0 Å². The largest absolute Gasteiger partial charge is 0.387 e. The Hall–Kier alpha value is 0.0700. The molecule has 4 heteroatoms. The van der Waals surface area contributed by atoms with E-state index in [2.05, 4.69) is 27.8 Å². The van der Waals surface area contributed by atoms with E-state index in [9.17, 15) is 5.11 Å². The number of hydrogen-bond acceptors (Lipinski definition) is 3. The summed E-state index contributed by atoms with van der Waals surface area (Å²) in [5.74, 6) is 0. The summed E-state index contributed by atoms with van der Waals surface area (Å²) >= 11 is 4.88. The van der Waals surface area contributed by atoms with E-state index >= 15 is 0 Å². The molecule has 0 saturated carbocycles. The number of aromatic nitrogens is 1. The first kappa shape index (κ1) is 15.1. The molecular weight excluding hydrogens is 298 g/mol. The monoisotopic (exact) mass is 319 g/mol. The molecule has 0 saturated heterocycles. The van der Waals surface area contributed by atoms with Crippen molar-refractivity contribution in [1.82, 2.24) is 4.98 Å². The second-order valence-corrected chi connectivity index (χ2v) is 6.07. The Labute approximate surface area is 117 Å². The molecule has 0 spiro atoms. The van der Waals surface area contributed by atoms with E-state index in [0.29, 0.717) is 0 Å². The second-order valence-electron chi connectivity index (χ2n) is 4.43. The topological polar surface area (TPSA) is 33.1 Å². The molecule has 0 aliphatic carbocycles. The second kappa shape index (κ2) is 9.06. The van der Waals surface area contributed by atoms with Crippen molar-refractivity contribution in [3.05, 3.63) is 15.0 Å². The summed E-state index contributed by atoms with van der Waals surface area (Å²) in [4.78, 5) is 5.06. The van der Waals surface area contributed by atoms with E-state index in [-0.39, 0.29) is 6.10 Å². The summed E-state index contributed by atoms with van der Waals surface area (Å²) in [5, 5.41) is 9.97. The van der Waals surface area contributed by atoms with Gasteiger partial charge in [0.25, 0.3) is 0 Å². The molecule has 1 unspecified atom stereocenters. The van der Waals surface area contributed by atoms with E-state index in [1.165, 1.54) is 49.9 Å². The quantitative estimate of drug-likeness (QED) is 0.644. The summed E-state index contributed by atoms with van der Waals surface area (Å²) < 4.78 is 0.804. The predicted molar refractivity (Wildman–Crippen MR) is 77.4 cm³/mol. The summed E-state index contributed by atoms with van der Waals surface area (Å²) in [6, 6.07) is 0. The molecule has 0 aliphatic rings. The van der Waals surface area contributed by atoms with Crippen LogP contribution in [0.3, 0.4) is 0 Å². The highest BCUT2D eigenvalue weighted by molar-refractivity contribution is 9.10. The molecule has 0 aromatic carbocycles. The number of aliphatic hydroxyl groups is 1. The van der Waals surface area contributed by atoms with Gasteiger partial charge in [0.1, 0.15) is 4.60 Å². The lowest BCUT2D eigenvalue weighted by Gasteiger charge is -2.08. The van der Waals surface area contributed by atoms with Crippen LogP contribution < -0.4 is 0 Å². The van der Waals surface area contributed by atoms with Gasteiger partial charge in [-0.25, -0.2) is 4.98 Å². The van der Waals surface area contributed by atoms with Crippen LogP contribution in [-0.4, -0.2) is 10.1 Å². The van der Waals surface area contributed by atoms with Crippen molar-refractivity contribution >= 4 is 27.3 Å². The lowest BCUT2D eigenvalue weighted by Crippen LogP contribution is -1.95. The van der Waals surface area contributed by atoms with Gasteiger partial charge in [0.05, 0.1) is 16.5 Å². The van der Waals surface area contributed by atoms with Crippen LogP contribution >= 0.6 is 27.3 Å². The SMILES string of the molecule is CCCCCCCCCC(O)c1scnc1Br. The van der Waals surface area contributed by atoms with Gasteiger partial charge in [-0.15, -0.1) is 11.3 Å². The number of halogens is 1. The fraction of sp³-hybridized carbons (Fsp3) is 0.769. The van der Waals surface area contributed by atoms with Crippen molar-refractivity contribution in [2.75, 3.05) is 0 Å². The van der Waals surface area contributed by atoms with Gasteiger partial charge in [-0.05, 0) is 22.4 Å². The van der Waals surface area contributed by atoms with Crippen LogP contribution in [0.1, 0.15) is 69.3 Å². The summed E-state index contributed by atoms with van der Waals surface area (Å²) in [7, 11) is 0. The van der Waals surface area contributed by atoms with Gasteiger partial charge in [0.2, 0.25) is 0 Å². The zero-order valence-electron chi connectivity index (χ0n) is 10.5. The summed E-state index contributed by atoms with van der Waals surface area (Å²) in [5.41, 5.74) is 1.77. The lowest BCUT2D eigenvalue weighted by atomic mass is 10.1. The molecule has 0 amide bonds. The number of rotatable bonds is 9. The van der Waals surface area contributed by atoms with Crippen LogP contribution in [0, 0.1) is 0 Å². The van der Waals surface area contributed by atoms with Crippen LogP contribution in [-0.2, 0) is 0 Å². The zero-order valence-corrected chi connectivity index (χ0v) is 12.9. The number of nitrogens with zero attached hydrogens (tertiary/aromatic N) is 1. The Bertz CT molecular complexity index is 303. The molecule has 1 aromatic heterocycles. The minimum absolute atomic E-state index is 0.340. The molecular formula is C13H22BrNOS. The number of aliphatic hydroxyl groups excluding tert-OH is 1. The van der Waals surface area contributed by atoms with Crippen LogP contribution in [0.25, 0.3) is 0 Å². The van der Waals surface area contributed by atoms with E-state index in [0.717, 1.165) is 22.3 Å². The number of hydrogen-bond donors (Lipinski definition) is 1. The van der Waals surface area contributed by atoms with E-state index in [4.69, 9.17) is 0 Å². The van der Waals surface area contributed by atoms with Crippen molar-refractivity contribution in [2.45, 2.75) is 64.4 Å². The Morgan fingerprint density at radius 2 is 1.88 bits per heavy atom. The zero-order chi connectivity index (χ0) is 12.5. The highest BCUT2D eigenvalue weighted by Crippen LogP contribution is 2.29. The van der Waals surface area contributed by atoms with Crippen LogP contribution in [0.15, 0.2) is 10.1 Å². The summed E-state index contributed by atoms with van der Waals surface area (Å²) in [6.45, 7) is 2.24. The maximum atomic E-state index is 9.97. The minimum atomic E-state index is -0.340. The summed E-state index contributed by atoms with van der Waals surface area (Å²) in [6.07, 6.45) is 9.52. The van der Waals surface area contributed by atoms with Crippen LogP contribution in [0.2, 0.25) is 0 Å². The molecule has 0 aliphatic heterocycles. The van der Waals surface area contributed by atoms with Crippen molar-refractivity contribution in [3.63, 3.8) is 0 Å². The minimum Gasteiger partial charge on any atom is -0.387 e. The van der Waals surface area contributed by atoms with Gasteiger partial charge < -0.3 is 5.11 Å². The predicted octanol–water partition coefficient (Wildman–Crippen LogP) is 5.08. The molecule has 17 heavy (non-hydrogen) atoms. The Morgan fingerprint density at radius 1 is 1.24 bits per heavy atom. The maximum absolute atomic E-state index is 9.97. The molecule has 1 N–H and O–H groups in total. The van der Waals surface area contributed by atoms with Crippen molar-refractivity contribution in [1.29, 1.82) is 0 Å². The van der Waals surface area contributed by atoms with Gasteiger partial charge in [-0.1, -0.05) is 51.9 Å². The Balaban J connectivity index is 2.05. The Morgan fingerprint density at radius 3 is 2.47 bits per heavy atom. The fourth-order valence-corrected chi connectivity index (χ4v) is 3.36. The van der Waals surface area contributed by atoms with Gasteiger partial charge in [0, 0.05) is 0 Å². The Kier molecular flexibility index (Phi) is 8.06. The maximum Gasteiger partial charge on any atom is 0.122 e. The molecule has 1 aromatic rings. The van der Waals surface area contributed by atoms with Crippen molar-refractivity contribution < 1.29 is 5.11 Å². The van der Waals surface area contributed by atoms with E-state index in [1.807, 2.05) is 0 Å². The first-order chi connectivity index (χ1) is 8.25. The molecule has 0 bridgehead atoms. The molecule has 1 rings (SSSR count). The first-order valence-corrected chi connectivity index (χ1v) is 8.20. The number of unbranched alkanes of at least 4 members (excludes halogenated alkanes) is 6. The standard InChI is InChI=1S/C13H22BrNOS/c1-2-3-4-5-6-7-8-9-11(16)12-13(14)15-10-17-12/h10-11,16H,2-9H2,1H3. The first-order valence-electron chi connectivity index (χ1n) is 6.52. The van der Waals surface area contributed by atoms with Gasteiger partial charge >= 0.3 is 0 Å². The number of thiazole rings is 1. The van der Waals surface area contributed by atoms with Crippen LogP contribution in [0.4, 0.5) is 0 Å². The average Bonchev–Trinajstić information content (AvgIpc) is 2.74. The third-order valence-electron chi connectivity index (χ3n) is 2.93. The van der Waals surface area contributed by atoms with E-state index in [1.54, 1.807) is 5.51 Å². The lowest BCUT2D eigenvalue weighted by molar-refractivity contribution is 0.166. The molecule has 1 atom stereocenters. The highest BCUT2D eigenvalue weighted by Gasteiger charge is 2.13. The molecule has 98 valence electrons. The fourth-order valence-electron chi connectivity index (χ4n) is 1.88. The third-order valence-corrected chi connectivity index (χ3v) is 4.76. The van der Waals surface area contributed by atoms with Crippen molar-refractivity contribution in [3.8, 4) is 0 Å². The molecule has 1 heterocycles. The van der Waals surface area contributed by atoms with E-state index < -0.39 is 0 Å². The molecule has 0 fully saturated rings. The average molecular weight is 320 g/mol. The molecule has 2 nitrogen and oxygen atoms in total. The smallest absolute Gasteiger partial charge is 0.122 e. The van der Waals surface area contributed by atoms with Crippen LogP contribution in [0.5, 0.6) is 0 Å². The normalized spacial score (nSPS) is 12.9.